The Kier molecular flexibility index (Phi) is 3.56. The Morgan fingerprint density at radius 1 is 1.56 bits per heavy atom. The molecule has 0 bridgehead atoms. The largest absolute Gasteiger partial charge is 0.307 e. The Morgan fingerprint density at radius 2 is 2.38 bits per heavy atom. The number of halogens is 2. The van der Waals surface area contributed by atoms with Crippen LogP contribution in [0.15, 0.2) is 18.2 Å². The van der Waals surface area contributed by atoms with Crippen LogP contribution in [-0.4, -0.2) is 18.4 Å². The van der Waals surface area contributed by atoms with Crippen LogP contribution < -0.4 is 5.32 Å². The smallest absolute Gasteiger partial charge is 0.154 e. The zero-order valence-electron chi connectivity index (χ0n) is 8.80. The lowest BCUT2D eigenvalue weighted by molar-refractivity contribution is -0.120. The second-order valence-electron chi connectivity index (χ2n) is 4.03. The average Bonchev–Trinajstić information content (AvgIpc) is 2.75. The van der Waals surface area contributed by atoms with Crippen molar-refractivity contribution in [2.75, 3.05) is 6.54 Å². The van der Waals surface area contributed by atoms with Gasteiger partial charge in [0.2, 0.25) is 0 Å². The Morgan fingerprint density at radius 3 is 3.00 bits per heavy atom. The molecule has 1 saturated heterocycles. The fourth-order valence-corrected chi connectivity index (χ4v) is 2.17. The third-order valence-corrected chi connectivity index (χ3v) is 3.18. The van der Waals surface area contributed by atoms with E-state index in [4.69, 9.17) is 11.6 Å². The molecule has 1 heterocycles. The third-order valence-electron chi connectivity index (χ3n) is 2.83. The first-order valence-electron chi connectivity index (χ1n) is 5.37. The van der Waals surface area contributed by atoms with Crippen LogP contribution in [0.4, 0.5) is 4.39 Å². The van der Waals surface area contributed by atoms with Crippen molar-refractivity contribution in [3.05, 3.63) is 34.6 Å². The van der Waals surface area contributed by atoms with Crippen molar-refractivity contribution in [3.8, 4) is 0 Å². The van der Waals surface area contributed by atoms with Crippen LogP contribution in [0.25, 0.3) is 0 Å². The summed E-state index contributed by atoms with van der Waals surface area (Å²) in [7, 11) is 0. The van der Waals surface area contributed by atoms with Gasteiger partial charge in [0.25, 0.3) is 0 Å². The number of hydrogen-bond donors (Lipinski definition) is 1. The van der Waals surface area contributed by atoms with E-state index < -0.39 is 0 Å². The summed E-state index contributed by atoms with van der Waals surface area (Å²) in [6.07, 6.45) is 2.20. The monoisotopic (exact) mass is 241 g/mol. The standard InChI is InChI=1S/C12H13ClFNO/c13-10-7-9(14)4-3-8(10)6-12(16)11-2-1-5-15-11/h3-4,7,11,15H,1-2,5-6H2. The zero-order valence-corrected chi connectivity index (χ0v) is 9.56. The van der Waals surface area contributed by atoms with Gasteiger partial charge in [0.05, 0.1) is 6.04 Å². The summed E-state index contributed by atoms with van der Waals surface area (Å²) in [5.41, 5.74) is 0.696. The minimum Gasteiger partial charge on any atom is -0.307 e. The molecule has 0 aliphatic carbocycles. The molecule has 0 aromatic heterocycles. The van der Waals surface area contributed by atoms with E-state index in [2.05, 4.69) is 5.32 Å². The maximum Gasteiger partial charge on any atom is 0.154 e. The minimum absolute atomic E-state index is 0.0545. The summed E-state index contributed by atoms with van der Waals surface area (Å²) in [5, 5.41) is 3.47. The maximum absolute atomic E-state index is 12.8. The van der Waals surface area contributed by atoms with Crippen LogP contribution in [0.2, 0.25) is 5.02 Å². The van der Waals surface area contributed by atoms with E-state index in [0.717, 1.165) is 19.4 Å². The minimum atomic E-state index is -0.375. The normalized spacial score (nSPS) is 20.0. The summed E-state index contributed by atoms with van der Waals surface area (Å²) < 4.78 is 12.8. The SMILES string of the molecule is O=C(Cc1ccc(F)cc1Cl)C1CCCN1. The van der Waals surface area contributed by atoms with Crippen LogP contribution in [0.1, 0.15) is 18.4 Å². The first kappa shape index (κ1) is 11.6. The van der Waals surface area contributed by atoms with Crippen molar-refractivity contribution in [3.63, 3.8) is 0 Å². The summed E-state index contributed by atoms with van der Waals surface area (Å²) in [6, 6.07) is 4.09. The second kappa shape index (κ2) is 4.93. The molecule has 0 saturated carbocycles. The molecule has 1 fully saturated rings. The van der Waals surface area contributed by atoms with Crippen molar-refractivity contribution in [1.29, 1.82) is 0 Å². The lowest BCUT2D eigenvalue weighted by atomic mass is 10.0. The van der Waals surface area contributed by atoms with Gasteiger partial charge in [-0.3, -0.25) is 4.79 Å². The van der Waals surface area contributed by atoms with E-state index in [1.54, 1.807) is 6.07 Å². The van der Waals surface area contributed by atoms with Gasteiger partial charge in [0.15, 0.2) is 5.78 Å². The predicted octanol–water partition coefficient (Wildman–Crippen LogP) is 2.34. The van der Waals surface area contributed by atoms with E-state index in [9.17, 15) is 9.18 Å². The Bertz CT molecular complexity index is 402. The molecule has 2 rings (SSSR count). The molecule has 1 N–H and O–H groups in total. The van der Waals surface area contributed by atoms with Gasteiger partial charge in [-0.05, 0) is 37.1 Å². The summed E-state index contributed by atoms with van der Waals surface area (Å²) in [5.74, 6) is -0.244. The number of benzene rings is 1. The second-order valence-corrected chi connectivity index (χ2v) is 4.43. The maximum atomic E-state index is 12.8. The number of Topliss-reactive ketones (excluding diaryl/α,β-unsaturated/α-hetero) is 1. The van der Waals surface area contributed by atoms with Crippen molar-refractivity contribution in [2.24, 2.45) is 0 Å². The molecule has 1 aliphatic rings. The van der Waals surface area contributed by atoms with Gasteiger partial charge in [-0.2, -0.15) is 0 Å². The average molecular weight is 242 g/mol. The number of ketones is 1. The molecule has 16 heavy (non-hydrogen) atoms. The van der Waals surface area contributed by atoms with Crippen LogP contribution in [-0.2, 0) is 11.2 Å². The summed E-state index contributed by atoms with van der Waals surface area (Å²) in [6.45, 7) is 0.896. The molecule has 1 aromatic carbocycles. The molecule has 2 nitrogen and oxygen atoms in total. The van der Waals surface area contributed by atoms with Crippen LogP contribution in [0.5, 0.6) is 0 Å². The lowest BCUT2D eigenvalue weighted by Gasteiger charge is -2.09. The van der Waals surface area contributed by atoms with Gasteiger partial charge < -0.3 is 5.32 Å². The van der Waals surface area contributed by atoms with Gasteiger partial charge in [-0.1, -0.05) is 17.7 Å². The van der Waals surface area contributed by atoms with Crippen LogP contribution >= 0.6 is 11.6 Å². The molecule has 1 atom stereocenters. The lowest BCUT2D eigenvalue weighted by Crippen LogP contribution is -2.31. The Labute approximate surface area is 98.8 Å². The molecular formula is C12H13ClFNO. The van der Waals surface area contributed by atoms with E-state index in [-0.39, 0.29) is 24.1 Å². The number of carbonyl (C=O) groups excluding carboxylic acids is 1. The predicted molar refractivity (Wildman–Crippen MR) is 61.1 cm³/mol. The van der Waals surface area contributed by atoms with Crippen LogP contribution in [0, 0.1) is 5.82 Å². The Hall–Kier alpha value is -0.930. The van der Waals surface area contributed by atoms with Gasteiger partial charge >= 0.3 is 0 Å². The van der Waals surface area contributed by atoms with Crippen molar-refractivity contribution >= 4 is 17.4 Å². The summed E-state index contributed by atoms with van der Waals surface area (Å²) >= 11 is 5.87. The first-order valence-corrected chi connectivity index (χ1v) is 5.74. The van der Waals surface area contributed by atoms with E-state index in [1.165, 1.54) is 12.1 Å². The quantitative estimate of drug-likeness (QED) is 0.880. The van der Waals surface area contributed by atoms with Gasteiger partial charge in [-0.15, -0.1) is 0 Å². The highest BCUT2D eigenvalue weighted by Crippen LogP contribution is 2.19. The van der Waals surface area contributed by atoms with Gasteiger partial charge in [0, 0.05) is 11.4 Å². The number of hydrogen-bond acceptors (Lipinski definition) is 2. The molecule has 1 aliphatic heterocycles. The van der Waals surface area contributed by atoms with Crippen molar-refractivity contribution < 1.29 is 9.18 Å². The van der Waals surface area contributed by atoms with Crippen molar-refractivity contribution in [2.45, 2.75) is 25.3 Å². The molecule has 4 heteroatoms. The molecule has 1 unspecified atom stereocenters. The third kappa shape index (κ3) is 2.60. The molecule has 1 aromatic rings. The van der Waals surface area contributed by atoms with E-state index in [0.29, 0.717) is 10.6 Å². The highest BCUT2D eigenvalue weighted by molar-refractivity contribution is 6.31. The number of carbonyl (C=O) groups is 1. The first-order chi connectivity index (χ1) is 7.66. The number of rotatable bonds is 3. The Balaban J connectivity index is 2.05. The zero-order chi connectivity index (χ0) is 11.5. The highest BCUT2D eigenvalue weighted by Gasteiger charge is 2.22. The summed E-state index contributed by atoms with van der Waals surface area (Å²) in [4.78, 5) is 11.8. The van der Waals surface area contributed by atoms with E-state index >= 15 is 0 Å². The van der Waals surface area contributed by atoms with Gasteiger partial charge in [-0.25, -0.2) is 4.39 Å². The molecule has 86 valence electrons. The molecule has 0 amide bonds. The van der Waals surface area contributed by atoms with Gasteiger partial charge in [0.1, 0.15) is 5.82 Å². The van der Waals surface area contributed by atoms with E-state index in [1.807, 2.05) is 0 Å². The number of nitrogens with one attached hydrogen (secondary N) is 1. The molecule has 0 radical (unpaired) electrons. The van der Waals surface area contributed by atoms with Crippen LogP contribution in [0.3, 0.4) is 0 Å². The van der Waals surface area contributed by atoms with Crippen molar-refractivity contribution in [1.82, 2.24) is 5.32 Å². The molecule has 0 spiro atoms. The molecular weight excluding hydrogens is 229 g/mol. The fraction of sp³-hybridized carbons (Fsp3) is 0.417. The fourth-order valence-electron chi connectivity index (χ4n) is 1.94. The topological polar surface area (TPSA) is 29.1 Å². The highest BCUT2D eigenvalue weighted by atomic mass is 35.5.